The number of hydrogen-bond acceptors (Lipinski definition) is 3. The molecule has 5 heteroatoms. The SMILES string of the molecule is N=C(N)c1cc(OCc2ccccc2Br)ccn1. The van der Waals surface area contributed by atoms with E-state index in [0.29, 0.717) is 18.1 Å². The van der Waals surface area contributed by atoms with Crippen molar-refractivity contribution in [2.75, 3.05) is 0 Å². The second-order valence-electron chi connectivity index (χ2n) is 3.67. The fourth-order valence-corrected chi connectivity index (χ4v) is 1.82. The smallest absolute Gasteiger partial charge is 0.141 e. The van der Waals surface area contributed by atoms with Crippen molar-refractivity contribution in [2.45, 2.75) is 6.61 Å². The van der Waals surface area contributed by atoms with Crippen molar-refractivity contribution in [1.29, 1.82) is 5.41 Å². The Balaban J connectivity index is 2.09. The molecule has 2 aromatic rings. The number of ether oxygens (including phenoxy) is 1. The molecule has 0 aliphatic rings. The molecule has 0 aliphatic heterocycles. The fourth-order valence-electron chi connectivity index (χ4n) is 1.42. The van der Waals surface area contributed by atoms with Crippen LogP contribution in [0.2, 0.25) is 0 Å². The van der Waals surface area contributed by atoms with Crippen LogP contribution < -0.4 is 10.5 Å². The molecule has 3 N–H and O–H groups in total. The predicted octanol–water partition coefficient (Wildman–Crippen LogP) is 2.71. The highest BCUT2D eigenvalue weighted by molar-refractivity contribution is 9.10. The van der Waals surface area contributed by atoms with Gasteiger partial charge in [0, 0.05) is 22.3 Å². The van der Waals surface area contributed by atoms with Crippen LogP contribution in [0.3, 0.4) is 0 Å². The summed E-state index contributed by atoms with van der Waals surface area (Å²) in [6.45, 7) is 0.447. The Kier molecular flexibility index (Phi) is 3.94. The molecule has 0 unspecified atom stereocenters. The molecule has 0 atom stereocenters. The third-order valence-electron chi connectivity index (χ3n) is 2.36. The second kappa shape index (κ2) is 5.64. The van der Waals surface area contributed by atoms with Gasteiger partial charge in [-0.2, -0.15) is 0 Å². The summed E-state index contributed by atoms with van der Waals surface area (Å²) in [5.74, 6) is 0.576. The van der Waals surface area contributed by atoms with Crippen molar-refractivity contribution >= 4 is 21.8 Å². The Morgan fingerprint density at radius 2 is 2.11 bits per heavy atom. The lowest BCUT2D eigenvalue weighted by Crippen LogP contribution is -2.13. The normalized spacial score (nSPS) is 10.1. The van der Waals surface area contributed by atoms with Crippen molar-refractivity contribution in [2.24, 2.45) is 5.73 Å². The molecule has 18 heavy (non-hydrogen) atoms. The standard InChI is InChI=1S/C13H12BrN3O/c14-11-4-2-1-3-9(11)8-18-10-5-6-17-12(7-10)13(15)16/h1-7H,8H2,(H3,15,16). The highest BCUT2D eigenvalue weighted by Crippen LogP contribution is 2.19. The number of hydrogen-bond donors (Lipinski definition) is 2. The van der Waals surface area contributed by atoms with Crippen molar-refractivity contribution in [3.63, 3.8) is 0 Å². The Hall–Kier alpha value is -1.88. The van der Waals surface area contributed by atoms with Crippen LogP contribution in [-0.2, 0) is 6.61 Å². The number of amidine groups is 1. The van der Waals surface area contributed by atoms with Gasteiger partial charge in [0.2, 0.25) is 0 Å². The van der Waals surface area contributed by atoms with Gasteiger partial charge in [-0.15, -0.1) is 0 Å². The van der Waals surface area contributed by atoms with E-state index < -0.39 is 0 Å². The maximum atomic E-state index is 7.31. The van der Waals surface area contributed by atoms with Crippen LogP contribution in [0, 0.1) is 5.41 Å². The van der Waals surface area contributed by atoms with Crippen molar-refractivity contribution in [1.82, 2.24) is 4.98 Å². The molecular formula is C13H12BrN3O. The summed E-state index contributed by atoms with van der Waals surface area (Å²) in [6.07, 6.45) is 1.58. The molecule has 1 aromatic heterocycles. The van der Waals surface area contributed by atoms with Gasteiger partial charge in [-0.25, -0.2) is 0 Å². The topological polar surface area (TPSA) is 72.0 Å². The third-order valence-corrected chi connectivity index (χ3v) is 3.13. The van der Waals surface area contributed by atoms with E-state index in [9.17, 15) is 0 Å². The van der Waals surface area contributed by atoms with E-state index in [-0.39, 0.29) is 5.84 Å². The summed E-state index contributed by atoms with van der Waals surface area (Å²) >= 11 is 3.46. The molecule has 0 saturated heterocycles. The zero-order valence-electron chi connectivity index (χ0n) is 9.56. The molecular weight excluding hydrogens is 294 g/mol. The van der Waals surface area contributed by atoms with Gasteiger partial charge in [-0.05, 0) is 12.1 Å². The first-order chi connectivity index (χ1) is 8.66. The van der Waals surface area contributed by atoms with E-state index in [1.54, 1.807) is 18.3 Å². The number of pyridine rings is 1. The molecule has 0 radical (unpaired) electrons. The number of benzene rings is 1. The lowest BCUT2D eigenvalue weighted by molar-refractivity contribution is 0.305. The van der Waals surface area contributed by atoms with Crippen molar-refractivity contribution in [3.8, 4) is 5.75 Å². The molecule has 92 valence electrons. The van der Waals surface area contributed by atoms with Gasteiger partial charge in [0.1, 0.15) is 23.9 Å². The zero-order valence-corrected chi connectivity index (χ0v) is 11.1. The summed E-state index contributed by atoms with van der Waals surface area (Å²) in [5, 5.41) is 7.31. The highest BCUT2D eigenvalue weighted by Gasteiger charge is 2.03. The quantitative estimate of drug-likeness (QED) is 0.674. The van der Waals surface area contributed by atoms with Gasteiger partial charge in [0.25, 0.3) is 0 Å². The fraction of sp³-hybridized carbons (Fsp3) is 0.0769. The Morgan fingerprint density at radius 1 is 1.33 bits per heavy atom. The Bertz CT molecular complexity index is 572. The van der Waals surface area contributed by atoms with E-state index in [4.69, 9.17) is 15.9 Å². The van der Waals surface area contributed by atoms with Crippen molar-refractivity contribution < 1.29 is 4.74 Å². The number of aromatic nitrogens is 1. The van der Waals surface area contributed by atoms with Crippen LogP contribution in [0.25, 0.3) is 0 Å². The molecule has 0 saturated carbocycles. The number of nitrogens with one attached hydrogen (secondary N) is 1. The van der Waals surface area contributed by atoms with E-state index >= 15 is 0 Å². The van der Waals surface area contributed by atoms with Gasteiger partial charge >= 0.3 is 0 Å². The molecule has 0 amide bonds. The highest BCUT2D eigenvalue weighted by atomic mass is 79.9. The first-order valence-electron chi connectivity index (χ1n) is 5.33. The maximum Gasteiger partial charge on any atom is 0.141 e. The van der Waals surface area contributed by atoms with E-state index in [1.807, 2.05) is 24.3 Å². The number of rotatable bonds is 4. The van der Waals surface area contributed by atoms with Gasteiger partial charge in [0.15, 0.2) is 0 Å². The molecule has 0 bridgehead atoms. The van der Waals surface area contributed by atoms with E-state index in [1.165, 1.54) is 0 Å². The monoisotopic (exact) mass is 305 g/mol. The van der Waals surface area contributed by atoms with Crippen LogP contribution in [0.1, 0.15) is 11.3 Å². The summed E-state index contributed by atoms with van der Waals surface area (Å²) in [5.41, 5.74) is 6.84. The zero-order chi connectivity index (χ0) is 13.0. The van der Waals surface area contributed by atoms with E-state index in [0.717, 1.165) is 10.0 Å². The largest absolute Gasteiger partial charge is 0.489 e. The first kappa shape index (κ1) is 12.6. The molecule has 0 spiro atoms. The Labute approximate surface area is 113 Å². The summed E-state index contributed by atoms with van der Waals surface area (Å²) in [4.78, 5) is 3.97. The van der Waals surface area contributed by atoms with E-state index in [2.05, 4.69) is 20.9 Å². The van der Waals surface area contributed by atoms with Crippen LogP contribution in [0.4, 0.5) is 0 Å². The minimum atomic E-state index is -0.0682. The predicted molar refractivity (Wildman–Crippen MR) is 73.7 cm³/mol. The minimum absolute atomic E-state index is 0.0682. The summed E-state index contributed by atoms with van der Waals surface area (Å²) in [6, 6.07) is 11.2. The van der Waals surface area contributed by atoms with Gasteiger partial charge in [-0.1, -0.05) is 34.1 Å². The van der Waals surface area contributed by atoms with Crippen LogP contribution in [0.15, 0.2) is 47.1 Å². The van der Waals surface area contributed by atoms with Crippen LogP contribution >= 0.6 is 15.9 Å². The average Bonchev–Trinajstić information content (AvgIpc) is 2.38. The second-order valence-corrected chi connectivity index (χ2v) is 4.52. The average molecular weight is 306 g/mol. The van der Waals surface area contributed by atoms with Crippen molar-refractivity contribution in [3.05, 3.63) is 58.3 Å². The molecule has 2 rings (SSSR count). The number of nitrogens with zero attached hydrogens (tertiary/aromatic N) is 1. The lowest BCUT2D eigenvalue weighted by atomic mass is 10.2. The van der Waals surface area contributed by atoms with Gasteiger partial charge in [0.05, 0.1) is 0 Å². The molecule has 4 nitrogen and oxygen atoms in total. The third kappa shape index (κ3) is 3.07. The molecule has 0 aliphatic carbocycles. The molecule has 1 heterocycles. The van der Waals surface area contributed by atoms with Gasteiger partial charge in [-0.3, -0.25) is 10.4 Å². The lowest BCUT2D eigenvalue weighted by Gasteiger charge is -2.08. The van der Waals surface area contributed by atoms with Gasteiger partial charge < -0.3 is 10.5 Å². The number of halogens is 1. The summed E-state index contributed by atoms with van der Waals surface area (Å²) in [7, 11) is 0. The number of nitrogens with two attached hydrogens (primary N) is 1. The molecule has 1 aromatic carbocycles. The molecule has 0 fully saturated rings. The van der Waals surface area contributed by atoms with Crippen LogP contribution in [0.5, 0.6) is 5.75 Å². The minimum Gasteiger partial charge on any atom is -0.489 e. The maximum absolute atomic E-state index is 7.31. The van der Waals surface area contributed by atoms with Crippen LogP contribution in [-0.4, -0.2) is 10.8 Å². The summed E-state index contributed by atoms with van der Waals surface area (Å²) < 4.78 is 6.65. The Morgan fingerprint density at radius 3 is 2.83 bits per heavy atom. The number of nitrogen functional groups attached to an aromatic ring is 1. The first-order valence-corrected chi connectivity index (χ1v) is 6.13.